The van der Waals surface area contributed by atoms with Gasteiger partial charge in [-0.25, -0.2) is 0 Å². The number of aliphatic hydroxyl groups is 1. The third kappa shape index (κ3) is 2.23. The minimum atomic E-state index is -1.12. The van der Waals surface area contributed by atoms with E-state index in [2.05, 4.69) is 0 Å². The van der Waals surface area contributed by atoms with Gasteiger partial charge in [0.1, 0.15) is 5.60 Å². The summed E-state index contributed by atoms with van der Waals surface area (Å²) in [6.07, 6.45) is 1.89. The van der Waals surface area contributed by atoms with Crippen molar-refractivity contribution in [2.75, 3.05) is 20.3 Å². The number of carbonyl (C=O) groups is 1. The normalized spacial score (nSPS) is 20.3. The van der Waals surface area contributed by atoms with Crippen LogP contribution in [-0.4, -0.2) is 37.0 Å². The first-order chi connectivity index (χ1) is 7.40. The Morgan fingerprint density at radius 2 is 2.00 bits per heavy atom. The zero-order chi connectivity index (χ0) is 12.4. The molecule has 1 rings (SSSR count). The Labute approximate surface area is 96.9 Å². The van der Waals surface area contributed by atoms with Crippen molar-refractivity contribution >= 4 is 5.97 Å². The molecule has 0 bridgehead atoms. The minimum absolute atomic E-state index is 0.145. The highest BCUT2D eigenvalue weighted by Crippen LogP contribution is 2.49. The number of methoxy groups -OCH3 is 1. The lowest BCUT2D eigenvalue weighted by molar-refractivity contribution is -0.182. The highest BCUT2D eigenvalue weighted by Gasteiger charge is 2.57. The van der Waals surface area contributed by atoms with Crippen LogP contribution in [0.25, 0.3) is 0 Å². The summed E-state index contributed by atoms with van der Waals surface area (Å²) in [4.78, 5) is 11.9. The molecule has 1 aliphatic rings. The Balaban J connectivity index is 2.87. The lowest BCUT2D eigenvalue weighted by atomic mass is 9.72. The quantitative estimate of drug-likeness (QED) is 0.700. The smallest absolute Gasteiger partial charge is 0.314 e. The summed E-state index contributed by atoms with van der Waals surface area (Å²) in [5.41, 5.74) is -2.05. The van der Waals surface area contributed by atoms with E-state index in [1.165, 1.54) is 7.11 Å². The number of esters is 1. The molecule has 0 radical (unpaired) electrons. The second kappa shape index (κ2) is 4.72. The summed E-state index contributed by atoms with van der Waals surface area (Å²) in [6.45, 7) is 5.71. The Kier molecular flexibility index (Phi) is 3.97. The molecule has 0 spiro atoms. The van der Waals surface area contributed by atoms with Crippen molar-refractivity contribution in [3.05, 3.63) is 0 Å². The van der Waals surface area contributed by atoms with Gasteiger partial charge in [0.05, 0.1) is 18.6 Å². The molecule has 1 N–H and O–H groups in total. The molecular formula is C12H22O4. The summed E-state index contributed by atoms with van der Waals surface area (Å²) in [6, 6.07) is 0. The van der Waals surface area contributed by atoms with E-state index in [-0.39, 0.29) is 18.5 Å². The van der Waals surface area contributed by atoms with Gasteiger partial charge in [-0.15, -0.1) is 0 Å². The van der Waals surface area contributed by atoms with Crippen LogP contribution in [0.15, 0.2) is 0 Å². The minimum Gasteiger partial charge on any atom is -0.465 e. The fraction of sp³-hybridized carbons (Fsp3) is 0.917. The van der Waals surface area contributed by atoms with Crippen LogP contribution >= 0.6 is 0 Å². The van der Waals surface area contributed by atoms with Gasteiger partial charge < -0.3 is 14.6 Å². The average molecular weight is 230 g/mol. The lowest BCUT2D eigenvalue weighted by Gasteiger charge is -2.40. The monoisotopic (exact) mass is 230 g/mol. The van der Waals surface area contributed by atoms with Gasteiger partial charge >= 0.3 is 5.97 Å². The Hall–Kier alpha value is -0.610. The maximum Gasteiger partial charge on any atom is 0.314 e. The van der Waals surface area contributed by atoms with E-state index in [0.29, 0.717) is 6.61 Å². The van der Waals surface area contributed by atoms with E-state index >= 15 is 0 Å². The molecule has 4 nitrogen and oxygen atoms in total. The number of hydrogen-bond donors (Lipinski definition) is 1. The molecule has 0 amide bonds. The highest BCUT2D eigenvalue weighted by molar-refractivity contribution is 5.77. The summed E-state index contributed by atoms with van der Waals surface area (Å²) < 4.78 is 10.1. The van der Waals surface area contributed by atoms with Crippen LogP contribution in [0, 0.1) is 11.3 Å². The second-order valence-corrected chi connectivity index (χ2v) is 4.98. The van der Waals surface area contributed by atoms with Gasteiger partial charge in [0, 0.05) is 7.11 Å². The Morgan fingerprint density at radius 1 is 1.44 bits per heavy atom. The molecule has 1 saturated carbocycles. The summed E-state index contributed by atoms with van der Waals surface area (Å²) in [5.74, 6) is -0.215. The first-order valence-electron chi connectivity index (χ1n) is 5.78. The van der Waals surface area contributed by atoms with Gasteiger partial charge in [-0.3, -0.25) is 4.79 Å². The number of carbonyl (C=O) groups excluding carboxylic acids is 1. The zero-order valence-corrected chi connectivity index (χ0v) is 10.6. The van der Waals surface area contributed by atoms with Crippen LogP contribution in [-0.2, 0) is 14.3 Å². The molecule has 0 saturated heterocycles. The van der Waals surface area contributed by atoms with Crippen LogP contribution in [0.5, 0.6) is 0 Å². The average Bonchev–Trinajstić information content (AvgIpc) is 3.01. The molecule has 0 heterocycles. The molecule has 0 aromatic rings. The van der Waals surface area contributed by atoms with Gasteiger partial charge in [-0.1, -0.05) is 0 Å². The standard InChI is InChI=1S/C12H22O4/c1-5-16-10(13)11(2,3)12(14,8-15-4)9-6-7-9/h9,14H,5-8H2,1-4H3. The fourth-order valence-electron chi connectivity index (χ4n) is 2.08. The summed E-state index contributed by atoms with van der Waals surface area (Å²) >= 11 is 0. The topological polar surface area (TPSA) is 55.8 Å². The van der Waals surface area contributed by atoms with Crippen molar-refractivity contribution in [2.24, 2.45) is 11.3 Å². The van der Waals surface area contributed by atoms with Crippen molar-refractivity contribution in [1.82, 2.24) is 0 Å². The van der Waals surface area contributed by atoms with Crippen LogP contribution in [0.3, 0.4) is 0 Å². The van der Waals surface area contributed by atoms with E-state index < -0.39 is 11.0 Å². The van der Waals surface area contributed by atoms with Crippen molar-refractivity contribution in [1.29, 1.82) is 0 Å². The molecule has 0 aromatic heterocycles. The van der Waals surface area contributed by atoms with Gasteiger partial charge in [0.2, 0.25) is 0 Å². The van der Waals surface area contributed by atoms with Crippen LogP contribution in [0.4, 0.5) is 0 Å². The highest BCUT2D eigenvalue weighted by atomic mass is 16.5. The van der Waals surface area contributed by atoms with E-state index in [0.717, 1.165) is 12.8 Å². The zero-order valence-electron chi connectivity index (χ0n) is 10.6. The van der Waals surface area contributed by atoms with Crippen LogP contribution in [0.1, 0.15) is 33.6 Å². The number of hydrogen-bond acceptors (Lipinski definition) is 4. The maximum absolute atomic E-state index is 11.9. The first-order valence-corrected chi connectivity index (χ1v) is 5.78. The number of rotatable bonds is 6. The largest absolute Gasteiger partial charge is 0.465 e. The predicted molar refractivity (Wildman–Crippen MR) is 60.0 cm³/mol. The van der Waals surface area contributed by atoms with Crippen LogP contribution in [0.2, 0.25) is 0 Å². The van der Waals surface area contributed by atoms with E-state index in [4.69, 9.17) is 9.47 Å². The lowest BCUT2D eigenvalue weighted by Crippen LogP contribution is -2.55. The van der Waals surface area contributed by atoms with Crippen molar-refractivity contribution in [3.63, 3.8) is 0 Å². The molecule has 4 heteroatoms. The summed E-state index contributed by atoms with van der Waals surface area (Å²) in [7, 11) is 1.54. The third-order valence-corrected chi connectivity index (χ3v) is 3.49. The van der Waals surface area contributed by atoms with Crippen molar-refractivity contribution < 1.29 is 19.4 Å². The number of ether oxygens (including phenoxy) is 2. The SMILES string of the molecule is CCOC(=O)C(C)(C)C(O)(COC)C1CC1. The van der Waals surface area contributed by atoms with Crippen LogP contribution < -0.4 is 0 Å². The molecule has 1 atom stereocenters. The summed E-state index contributed by atoms with van der Waals surface area (Å²) in [5, 5.41) is 10.7. The second-order valence-electron chi connectivity index (χ2n) is 4.98. The molecule has 1 fully saturated rings. The van der Waals surface area contributed by atoms with Gasteiger partial charge in [-0.05, 0) is 39.5 Å². The first kappa shape index (κ1) is 13.5. The Morgan fingerprint density at radius 3 is 2.38 bits per heavy atom. The predicted octanol–water partition coefficient (Wildman–Crippen LogP) is 1.36. The molecule has 94 valence electrons. The molecule has 1 aliphatic carbocycles. The third-order valence-electron chi connectivity index (χ3n) is 3.49. The molecule has 1 unspecified atom stereocenters. The Bertz CT molecular complexity index is 258. The van der Waals surface area contributed by atoms with Gasteiger partial charge in [-0.2, -0.15) is 0 Å². The van der Waals surface area contributed by atoms with E-state index in [1.54, 1.807) is 20.8 Å². The fourth-order valence-corrected chi connectivity index (χ4v) is 2.08. The van der Waals surface area contributed by atoms with Crippen molar-refractivity contribution in [3.8, 4) is 0 Å². The molecule has 16 heavy (non-hydrogen) atoms. The maximum atomic E-state index is 11.9. The van der Waals surface area contributed by atoms with E-state index in [9.17, 15) is 9.90 Å². The van der Waals surface area contributed by atoms with Crippen molar-refractivity contribution in [2.45, 2.75) is 39.2 Å². The van der Waals surface area contributed by atoms with Gasteiger partial charge in [0.15, 0.2) is 0 Å². The van der Waals surface area contributed by atoms with E-state index in [1.807, 2.05) is 0 Å². The molecule has 0 aromatic carbocycles. The molecule has 0 aliphatic heterocycles. The van der Waals surface area contributed by atoms with Gasteiger partial charge in [0.25, 0.3) is 0 Å². The molecular weight excluding hydrogens is 208 g/mol.